The lowest BCUT2D eigenvalue weighted by Gasteiger charge is -2.32. The summed E-state index contributed by atoms with van der Waals surface area (Å²) in [4.78, 5) is 19.4. The molecule has 2 fully saturated rings. The Hall–Kier alpha value is -1.46. The number of aromatic nitrogens is 1. The van der Waals surface area contributed by atoms with E-state index >= 15 is 0 Å². The Bertz CT molecular complexity index is 660. The van der Waals surface area contributed by atoms with Gasteiger partial charge >= 0.3 is 0 Å². The number of hydrogen-bond acceptors (Lipinski definition) is 4. The third-order valence-corrected chi connectivity index (χ3v) is 6.06. The van der Waals surface area contributed by atoms with Crippen LogP contribution in [0.4, 0.5) is 0 Å². The molecule has 23 heavy (non-hydrogen) atoms. The summed E-state index contributed by atoms with van der Waals surface area (Å²) >= 11 is 1.78. The Morgan fingerprint density at radius 1 is 1.30 bits per heavy atom. The van der Waals surface area contributed by atoms with E-state index in [0.717, 1.165) is 50.9 Å². The molecule has 1 aromatic carbocycles. The molecule has 2 aromatic rings. The van der Waals surface area contributed by atoms with Gasteiger partial charge in [0.05, 0.1) is 27.7 Å². The number of rotatable bonds is 3. The van der Waals surface area contributed by atoms with Crippen molar-refractivity contribution in [2.75, 3.05) is 19.7 Å². The van der Waals surface area contributed by atoms with Crippen LogP contribution in [-0.2, 0) is 9.53 Å². The van der Waals surface area contributed by atoms with Crippen molar-refractivity contribution in [3.05, 3.63) is 29.3 Å². The molecular weight excluding hydrogens is 308 g/mol. The summed E-state index contributed by atoms with van der Waals surface area (Å²) in [5, 5.41) is 1.18. The first kappa shape index (κ1) is 15.1. The van der Waals surface area contributed by atoms with Crippen LogP contribution < -0.4 is 0 Å². The van der Waals surface area contributed by atoms with Crippen molar-refractivity contribution >= 4 is 27.5 Å². The molecule has 0 spiro atoms. The molecule has 0 bridgehead atoms. The van der Waals surface area contributed by atoms with Crippen LogP contribution in [0.2, 0.25) is 0 Å². The summed E-state index contributed by atoms with van der Waals surface area (Å²) in [6.07, 6.45) is 5.01. The van der Waals surface area contributed by atoms with Gasteiger partial charge in [0.2, 0.25) is 5.91 Å². The van der Waals surface area contributed by atoms with Gasteiger partial charge in [-0.25, -0.2) is 4.98 Å². The smallest absolute Gasteiger partial charge is 0.225 e. The number of benzene rings is 1. The summed E-state index contributed by atoms with van der Waals surface area (Å²) < 4.78 is 6.85. The summed E-state index contributed by atoms with van der Waals surface area (Å²) in [6, 6.07) is 8.28. The van der Waals surface area contributed by atoms with E-state index in [2.05, 4.69) is 18.2 Å². The average Bonchev–Trinajstić information content (AvgIpc) is 3.24. The fraction of sp³-hybridized carbons (Fsp3) is 0.556. The third-order valence-electron chi connectivity index (χ3n) is 4.86. The Morgan fingerprint density at radius 2 is 2.22 bits per heavy atom. The highest BCUT2D eigenvalue weighted by Gasteiger charge is 2.29. The predicted molar refractivity (Wildman–Crippen MR) is 91.8 cm³/mol. The fourth-order valence-corrected chi connectivity index (χ4v) is 4.69. The fourth-order valence-electron chi connectivity index (χ4n) is 3.60. The Morgan fingerprint density at radius 3 is 3.04 bits per heavy atom. The van der Waals surface area contributed by atoms with E-state index < -0.39 is 0 Å². The van der Waals surface area contributed by atoms with E-state index in [1.165, 1.54) is 9.71 Å². The molecule has 4 rings (SSSR count). The first-order chi connectivity index (χ1) is 11.3. The number of nitrogens with zero attached hydrogens (tertiary/aromatic N) is 2. The second-order valence-electron chi connectivity index (χ2n) is 6.54. The molecule has 0 aliphatic carbocycles. The highest BCUT2D eigenvalue weighted by Crippen LogP contribution is 2.33. The Balaban J connectivity index is 1.44. The summed E-state index contributed by atoms with van der Waals surface area (Å²) in [5.41, 5.74) is 1.08. The van der Waals surface area contributed by atoms with E-state index in [9.17, 15) is 4.79 Å². The zero-order chi connectivity index (χ0) is 15.6. The molecule has 122 valence electrons. The molecule has 1 aromatic heterocycles. The maximum atomic E-state index is 12.5. The summed E-state index contributed by atoms with van der Waals surface area (Å²) in [7, 11) is 0. The van der Waals surface area contributed by atoms with Gasteiger partial charge in [0, 0.05) is 25.6 Å². The van der Waals surface area contributed by atoms with Crippen LogP contribution >= 0.6 is 11.3 Å². The SMILES string of the molecule is O=C(C[C@H]1CCCO1)N1CCC[C@H](c2nc3ccccc3s2)C1. The van der Waals surface area contributed by atoms with Gasteiger partial charge in [0.15, 0.2) is 0 Å². The predicted octanol–water partition coefficient (Wildman–Crippen LogP) is 3.57. The Kier molecular flexibility index (Phi) is 4.31. The number of ether oxygens (including phenoxy) is 1. The molecule has 1 amide bonds. The van der Waals surface area contributed by atoms with Crippen LogP contribution in [0, 0.1) is 0 Å². The number of amides is 1. The molecule has 2 atom stereocenters. The second kappa shape index (κ2) is 6.57. The van der Waals surface area contributed by atoms with E-state index in [-0.39, 0.29) is 12.0 Å². The number of para-hydroxylation sites is 1. The third kappa shape index (κ3) is 3.26. The minimum absolute atomic E-state index is 0.144. The van der Waals surface area contributed by atoms with Crippen molar-refractivity contribution in [3.8, 4) is 0 Å². The highest BCUT2D eigenvalue weighted by atomic mass is 32.1. The van der Waals surface area contributed by atoms with E-state index in [1.807, 2.05) is 11.0 Å². The molecule has 3 heterocycles. The Labute approximate surface area is 140 Å². The number of hydrogen-bond donors (Lipinski definition) is 0. The number of carbonyl (C=O) groups is 1. The van der Waals surface area contributed by atoms with Crippen LogP contribution in [-0.4, -0.2) is 41.6 Å². The zero-order valence-corrected chi connectivity index (χ0v) is 14.1. The van der Waals surface area contributed by atoms with Crippen molar-refractivity contribution in [2.24, 2.45) is 0 Å². The minimum atomic E-state index is 0.144. The van der Waals surface area contributed by atoms with Gasteiger partial charge in [-0.15, -0.1) is 11.3 Å². The molecule has 0 N–H and O–H groups in total. The van der Waals surface area contributed by atoms with Crippen molar-refractivity contribution < 1.29 is 9.53 Å². The quantitative estimate of drug-likeness (QED) is 0.864. The van der Waals surface area contributed by atoms with Crippen molar-refractivity contribution in [2.45, 2.75) is 44.1 Å². The molecule has 2 aliphatic rings. The highest BCUT2D eigenvalue weighted by molar-refractivity contribution is 7.18. The van der Waals surface area contributed by atoms with Crippen LogP contribution in [0.15, 0.2) is 24.3 Å². The molecular formula is C18H22N2O2S. The zero-order valence-electron chi connectivity index (χ0n) is 13.2. The lowest BCUT2D eigenvalue weighted by molar-refractivity contribution is -0.134. The number of thiazole rings is 1. The van der Waals surface area contributed by atoms with Crippen molar-refractivity contribution in [1.29, 1.82) is 0 Å². The first-order valence-corrected chi connectivity index (χ1v) is 9.36. The molecule has 0 saturated carbocycles. The average molecular weight is 330 g/mol. The van der Waals surface area contributed by atoms with E-state index in [4.69, 9.17) is 9.72 Å². The largest absolute Gasteiger partial charge is 0.378 e. The van der Waals surface area contributed by atoms with Gasteiger partial charge in [-0.05, 0) is 37.8 Å². The number of piperidine rings is 1. The van der Waals surface area contributed by atoms with Crippen molar-refractivity contribution in [1.82, 2.24) is 9.88 Å². The normalized spacial score (nSPS) is 25.1. The molecule has 0 radical (unpaired) electrons. The molecule has 2 saturated heterocycles. The topological polar surface area (TPSA) is 42.4 Å². The van der Waals surface area contributed by atoms with Crippen LogP contribution in [0.25, 0.3) is 10.2 Å². The van der Waals surface area contributed by atoms with Gasteiger partial charge in [0.1, 0.15) is 0 Å². The second-order valence-corrected chi connectivity index (χ2v) is 7.60. The molecule has 5 heteroatoms. The molecule has 0 unspecified atom stereocenters. The lowest BCUT2D eigenvalue weighted by Crippen LogP contribution is -2.40. The summed E-state index contributed by atoms with van der Waals surface area (Å²) in [5.74, 6) is 0.636. The first-order valence-electron chi connectivity index (χ1n) is 8.54. The van der Waals surface area contributed by atoms with Gasteiger partial charge in [-0.3, -0.25) is 4.79 Å². The van der Waals surface area contributed by atoms with Crippen molar-refractivity contribution in [3.63, 3.8) is 0 Å². The summed E-state index contributed by atoms with van der Waals surface area (Å²) in [6.45, 7) is 2.50. The minimum Gasteiger partial charge on any atom is -0.378 e. The maximum Gasteiger partial charge on any atom is 0.225 e. The molecule has 2 aliphatic heterocycles. The van der Waals surface area contributed by atoms with Gasteiger partial charge in [-0.1, -0.05) is 12.1 Å². The van der Waals surface area contributed by atoms with Gasteiger partial charge in [-0.2, -0.15) is 0 Å². The van der Waals surface area contributed by atoms with E-state index in [0.29, 0.717) is 12.3 Å². The maximum absolute atomic E-state index is 12.5. The van der Waals surface area contributed by atoms with Gasteiger partial charge < -0.3 is 9.64 Å². The van der Waals surface area contributed by atoms with Crippen LogP contribution in [0.5, 0.6) is 0 Å². The van der Waals surface area contributed by atoms with Crippen LogP contribution in [0.3, 0.4) is 0 Å². The number of carbonyl (C=O) groups excluding carboxylic acids is 1. The van der Waals surface area contributed by atoms with Gasteiger partial charge in [0.25, 0.3) is 0 Å². The van der Waals surface area contributed by atoms with E-state index in [1.54, 1.807) is 11.3 Å². The number of fused-ring (bicyclic) bond motifs is 1. The standard InChI is InChI=1S/C18H22N2O2S/c21-17(11-14-6-4-10-22-14)20-9-3-5-13(12-20)18-19-15-7-1-2-8-16(15)23-18/h1-2,7-8,13-14H,3-6,9-12H2/t13-,14+/m0/s1. The van der Waals surface area contributed by atoms with Crippen LogP contribution in [0.1, 0.15) is 43.0 Å². The molecule has 4 nitrogen and oxygen atoms in total. The number of likely N-dealkylation sites (tertiary alicyclic amines) is 1. The monoisotopic (exact) mass is 330 g/mol. The lowest BCUT2D eigenvalue weighted by atomic mass is 9.98.